The molecule has 3 nitrogen and oxygen atoms in total. The predicted octanol–water partition coefficient (Wildman–Crippen LogP) is 1.81. The zero-order valence-corrected chi connectivity index (χ0v) is 9.35. The van der Waals surface area contributed by atoms with Gasteiger partial charge in [-0.1, -0.05) is 24.3 Å². The highest BCUT2D eigenvalue weighted by Gasteiger charge is 2.21. The first-order chi connectivity index (χ1) is 7.83. The van der Waals surface area contributed by atoms with E-state index in [2.05, 4.69) is 40.9 Å². The number of nitrogens with one attached hydrogen (secondary N) is 1. The van der Waals surface area contributed by atoms with Gasteiger partial charge in [-0.3, -0.25) is 4.68 Å². The molecule has 0 amide bonds. The molecule has 3 rings (SSSR count). The fourth-order valence-electron chi connectivity index (χ4n) is 2.37. The van der Waals surface area contributed by atoms with Gasteiger partial charge < -0.3 is 5.32 Å². The molecule has 0 saturated carbocycles. The number of aromatic nitrogens is 2. The lowest BCUT2D eigenvalue weighted by atomic mass is 10.0. The van der Waals surface area contributed by atoms with E-state index in [9.17, 15) is 0 Å². The van der Waals surface area contributed by atoms with Crippen LogP contribution in [0.4, 0.5) is 0 Å². The van der Waals surface area contributed by atoms with Crippen LogP contribution in [0.3, 0.4) is 0 Å². The zero-order chi connectivity index (χ0) is 11.0. The number of hydrogen-bond donors (Lipinski definition) is 1. The summed E-state index contributed by atoms with van der Waals surface area (Å²) in [5.41, 5.74) is 4.15. The first kappa shape index (κ1) is 9.60. The third-order valence-electron chi connectivity index (χ3n) is 3.17. The van der Waals surface area contributed by atoms with Crippen LogP contribution in [-0.2, 0) is 20.0 Å². The maximum absolute atomic E-state index is 4.20. The van der Waals surface area contributed by atoms with Crippen LogP contribution >= 0.6 is 0 Å². The number of fused-ring (bicyclic) bond motifs is 1. The van der Waals surface area contributed by atoms with Crippen molar-refractivity contribution >= 4 is 0 Å². The van der Waals surface area contributed by atoms with Crippen molar-refractivity contribution in [2.24, 2.45) is 7.05 Å². The Labute approximate surface area is 95.1 Å². The van der Waals surface area contributed by atoms with Gasteiger partial charge in [0.1, 0.15) is 0 Å². The lowest BCUT2D eigenvalue weighted by Gasteiger charge is -2.10. The molecule has 0 fully saturated rings. The average molecular weight is 213 g/mol. The molecule has 1 aromatic heterocycles. The van der Waals surface area contributed by atoms with Crippen LogP contribution in [0.5, 0.6) is 0 Å². The second-order valence-electron chi connectivity index (χ2n) is 4.36. The second-order valence-corrected chi connectivity index (χ2v) is 4.36. The maximum atomic E-state index is 4.20. The van der Waals surface area contributed by atoms with Crippen molar-refractivity contribution in [2.45, 2.75) is 19.0 Å². The van der Waals surface area contributed by atoms with E-state index < -0.39 is 0 Å². The summed E-state index contributed by atoms with van der Waals surface area (Å²) in [6, 6.07) is 9.08. The minimum absolute atomic E-state index is 0.445. The summed E-state index contributed by atoms with van der Waals surface area (Å²) in [5, 5.41) is 7.75. The van der Waals surface area contributed by atoms with E-state index in [0.29, 0.717) is 6.04 Å². The standard InChI is InChI=1S/C13H15N3/c1-16-9-10(7-15-16)6-13-12-5-3-2-4-11(12)8-14-13/h2-5,7,9,13-14H,6,8H2,1H3. The van der Waals surface area contributed by atoms with Gasteiger partial charge in [0.15, 0.2) is 0 Å². The molecule has 0 saturated heterocycles. The van der Waals surface area contributed by atoms with E-state index in [-0.39, 0.29) is 0 Å². The molecule has 16 heavy (non-hydrogen) atoms. The van der Waals surface area contributed by atoms with E-state index in [1.165, 1.54) is 16.7 Å². The molecule has 2 heterocycles. The van der Waals surface area contributed by atoms with E-state index in [1.54, 1.807) is 0 Å². The summed E-state index contributed by atoms with van der Waals surface area (Å²) < 4.78 is 1.86. The third-order valence-corrected chi connectivity index (χ3v) is 3.17. The Bertz CT molecular complexity index is 501. The van der Waals surface area contributed by atoms with Crippen LogP contribution in [0.1, 0.15) is 22.7 Å². The molecule has 1 atom stereocenters. The second kappa shape index (κ2) is 3.76. The fourth-order valence-corrected chi connectivity index (χ4v) is 2.37. The van der Waals surface area contributed by atoms with Crippen molar-refractivity contribution in [2.75, 3.05) is 0 Å². The number of nitrogens with zero attached hydrogens (tertiary/aromatic N) is 2. The molecule has 0 spiro atoms. The quantitative estimate of drug-likeness (QED) is 0.824. The summed E-state index contributed by atoms with van der Waals surface area (Å²) in [7, 11) is 1.96. The molecular weight excluding hydrogens is 198 g/mol. The molecule has 1 aliphatic heterocycles. The molecule has 0 bridgehead atoms. The first-order valence-corrected chi connectivity index (χ1v) is 5.61. The molecule has 82 valence electrons. The van der Waals surface area contributed by atoms with E-state index in [0.717, 1.165) is 13.0 Å². The lowest BCUT2D eigenvalue weighted by Crippen LogP contribution is -2.14. The van der Waals surface area contributed by atoms with Gasteiger partial charge in [-0.15, -0.1) is 0 Å². The lowest BCUT2D eigenvalue weighted by molar-refractivity contribution is 0.580. The molecule has 1 aromatic carbocycles. The highest BCUT2D eigenvalue weighted by atomic mass is 15.2. The van der Waals surface area contributed by atoms with Gasteiger partial charge >= 0.3 is 0 Å². The Morgan fingerprint density at radius 1 is 1.44 bits per heavy atom. The maximum Gasteiger partial charge on any atom is 0.0522 e. The van der Waals surface area contributed by atoms with E-state index in [1.807, 2.05) is 17.9 Å². The number of rotatable bonds is 2. The van der Waals surface area contributed by atoms with Crippen molar-refractivity contribution in [3.63, 3.8) is 0 Å². The van der Waals surface area contributed by atoms with Crippen molar-refractivity contribution in [1.82, 2.24) is 15.1 Å². The topological polar surface area (TPSA) is 29.9 Å². The van der Waals surface area contributed by atoms with Gasteiger partial charge in [-0.25, -0.2) is 0 Å². The van der Waals surface area contributed by atoms with Crippen LogP contribution < -0.4 is 5.32 Å². The number of hydrogen-bond acceptors (Lipinski definition) is 2. The molecule has 1 aliphatic rings. The minimum atomic E-state index is 0.445. The fraction of sp³-hybridized carbons (Fsp3) is 0.308. The summed E-state index contributed by atoms with van der Waals surface area (Å²) >= 11 is 0. The highest BCUT2D eigenvalue weighted by molar-refractivity contribution is 5.34. The van der Waals surface area contributed by atoms with Gasteiger partial charge in [0.05, 0.1) is 6.20 Å². The third kappa shape index (κ3) is 1.63. The predicted molar refractivity (Wildman–Crippen MR) is 62.9 cm³/mol. The summed E-state index contributed by atoms with van der Waals surface area (Å²) in [6.07, 6.45) is 5.05. The monoisotopic (exact) mass is 213 g/mol. The van der Waals surface area contributed by atoms with Gasteiger partial charge in [0.2, 0.25) is 0 Å². The number of benzene rings is 1. The van der Waals surface area contributed by atoms with Crippen LogP contribution in [0.15, 0.2) is 36.7 Å². The van der Waals surface area contributed by atoms with Crippen LogP contribution in [0.2, 0.25) is 0 Å². The normalized spacial score (nSPS) is 18.7. The molecule has 0 radical (unpaired) electrons. The molecule has 2 aromatic rings. The Hall–Kier alpha value is -1.61. The Morgan fingerprint density at radius 2 is 2.31 bits per heavy atom. The Kier molecular flexibility index (Phi) is 2.26. The van der Waals surface area contributed by atoms with Gasteiger partial charge in [-0.2, -0.15) is 5.10 Å². The summed E-state index contributed by atoms with van der Waals surface area (Å²) in [5.74, 6) is 0. The van der Waals surface area contributed by atoms with Crippen LogP contribution in [-0.4, -0.2) is 9.78 Å². The Balaban J connectivity index is 1.83. The first-order valence-electron chi connectivity index (χ1n) is 5.61. The van der Waals surface area contributed by atoms with E-state index in [4.69, 9.17) is 0 Å². The van der Waals surface area contributed by atoms with Gasteiger partial charge in [0.25, 0.3) is 0 Å². The molecule has 3 heteroatoms. The molecular formula is C13H15N3. The van der Waals surface area contributed by atoms with Gasteiger partial charge in [-0.05, 0) is 23.1 Å². The van der Waals surface area contributed by atoms with Crippen LogP contribution in [0, 0.1) is 0 Å². The Morgan fingerprint density at radius 3 is 3.12 bits per heavy atom. The highest BCUT2D eigenvalue weighted by Crippen LogP contribution is 2.27. The van der Waals surface area contributed by atoms with Gasteiger partial charge in [0, 0.05) is 25.8 Å². The van der Waals surface area contributed by atoms with E-state index >= 15 is 0 Å². The summed E-state index contributed by atoms with van der Waals surface area (Å²) in [6.45, 7) is 0.987. The molecule has 1 N–H and O–H groups in total. The summed E-state index contributed by atoms with van der Waals surface area (Å²) in [4.78, 5) is 0. The molecule has 1 unspecified atom stereocenters. The van der Waals surface area contributed by atoms with Crippen molar-refractivity contribution in [3.8, 4) is 0 Å². The smallest absolute Gasteiger partial charge is 0.0522 e. The van der Waals surface area contributed by atoms with Crippen molar-refractivity contribution in [3.05, 3.63) is 53.3 Å². The van der Waals surface area contributed by atoms with Crippen LogP contribution in [0.25, 0.3) is 0 Å². The number of aryl methyl sites for hydroxylation is 1. The van der Waals surface area contributed by atoms with Crippen molar-refractivity contribution < 1.29 is 0 Å². The zero-order valence-electron chi connectivity index (χ0n) is 9.35. The minimum Gasteiger partial charge on any atom is -0.306 e. The van der Waals surface area contributed by atoms with Crippen molar-refractivity contribution in [1.29, 1.82) is 0 Å². The SMILES string of the molecule is Cn1cc(CC2NCc3ccccc32)cn1. The average Bonchev–Trinajstić information content (AvgIpc) is 2.87. The largest absolute Gasteiger partial charge is 0.306 e. The molecule has 0 aliphatic carbocycles.